The van der Waals surface area contributed by atoms with E-state index in [0.717, 1.165) is 11.3 Å². The molecule has 0 aliphatic rings. The Morgan fingerprint density at radius 3 is 2.83 bits per heavy atom. The summed E-state index contributed by atoms with van der Waals surface area (Å²) in [6.45, 7) is 2.73. The molecule has 0 aliphatic carbocycles. The summed E-state index contributed by atoms with van der Waals surface area (Å²) in [6, 6.07) is 6.54. The van der Waals surface area contributed by atoms with Crippen molar-refractivity contribution >= 4 is 5.97 Å². The lowest BCUT2D eigenvalue weighted by molar-refractivity contribution is 0.0409. The normalized spacial score (nSPS) is 11.7. The van der Waals surface area contributed by atoms with Gasteiger partial charge in [-0.15, -0.1) is 0 Å². The van der Waals surface area contributed by atoms with Crippen molar-refractivity contribution in [2.45, 2.75) is 19.6 Å². The highest BCUT2D eigenvalue weighted by Crippen LogP contribution is 2.21. The number of carboxylic acid groups (broad SMARTS) is 1. The van der Waals surface area contributed by atoms with Gasteiger partial charge >= 0.3 is 5.97 Å². The number of benzene rings is 1. The van der Waals surface area contributed by atoms with Crippen molar-refractivity contribution < 1.29 is 14.6 Å². The number of azide groups is 1. The Morgan fingerprint density at radius 2 is 2.22 bits per heavy atom. The van der Waals surface area contributed by atoms with Crippen LogP contribution in [-0.2, 0) is 11.2 Å². The SMILES string of the molecule is CCOC(c1ccc(C(=O)O)cc1)n1cnc(CCN=[N+]=[N-])c1. The topological polar surface area (TPSA) is 113 Å². The number of aromatic carboxylic acids is 1. The molecule has 0 amide bonds. The van der Waals surface area contributed by atoms with Gasteiger partial charge in [0.2, 0.25) is 0 Å². The lowest BCUT2D eigenvalue weighted by Gasteiger charge is -2.19. The fourth-order valence-electron chi connectivity index (χ4n) is 2.15. The van der Waals surface area contributed by atoms with Gasteiger partial charge in [-0.2, -0.15) is 0 Å². The van der Waals surface area contributed by atoms with Crippen LogP contribution >= 0.6 is 0 Å². The molecule has 1 atom stereocenters. The highest BCUT2D eigenvalue weighted by atomic mass is 16.5. The van der Waals surface area contributed by atoms with Gasteiger partial charge in [0.05, 0.1) is 17.6 Å². The molecule has 0 bridgehead atoms. The fourth-order valence-corrected chi connectivity index (χ4v) is 2.15. The van der Waals surface area contributed by atoms with Crippen molar-refractivity contribution in [3.05, 3.63) is 64.1 Å². The average Bonchev–Trinajstić information content (AvgIpc) is 3.01. The molecule has 0 aliphatic heterocycles. The predicted octanol–water partition coefficient (Wildman–Crippen LogP) is 3.02. The standard InChI is InChI=1S/C15H17N5O3/c1-2-23-14(11-3-5-12(6-4-11)15(21)22)20-9-13(17-10-20)7-8-18-19-16/h3-6,9-10,14H,2,7-8H2,1H3,(H,21,22). The molecule has 8 heteroatoms. The zero-order chi connectivity index (χ0) is 16.7. The monoisotopic (exact) mass is 315 g/mol. The molecule has 1 aromatic carbocycles. The molecule has 0 saturated heterocycles. The highest BCUT2D eigenvalue weighted by Gasteiger charge is 2.15. The van der Waals surface area contributed by atoms with E-state index in [4.69, 9.17) is 15.4 Å². The summed E-state index contributed by atoms with van der Waals surface area (Å²) in [4.78, 5) is 17.9. The number of imidazole rings is 1. The number of rotatable bonds is 8. The Labute approximate surface area is 133 Å². The lowest BCUT2D eigenvalue weighted by atomic mass is 10.1. The van der Waals surface area contributed by atoms with Gasteiger partial charge < -0.3 is 14.4 Å². The van der Waals surface area contributed by atoms with E-state index in [1.54, 1.807) is 30.6 Å². The lowest BCUT2D eigenvalue weighted by Crippen LogP contribution is -2.13. The third-order valence-electron chi connectivity index (χ3n) is 3.22. The molecular formula is C15H17N5O3. The maximum Gasteiger partial charge on any atom is 0.335 e. The van der Waals surface area contributed by atoms with Crippen LogP contribution in [0.2, 0.25) is 0 Å². The molecule has 8 nitrogen and oxygen atoms in total. The summed E-state index contributed by atoms with van der Waals surface area (Å²) in [7, 11) is 0. The molecule has 1 N–H and O–H groups in total. The molecule has 2 aromatic rings. The first-order chi connectivity index (χ1) is 11.2. The van der Waals surface area contributed by atoms with Crippen molar-refractivity contribution in [2.75, 3.05) is 13.2 Å². The molecule has 2 rings (SSSR count). The highest BCUT2D eigenvalue weighted by molar-refractivity contribution is 5.87. The summed E-state index contributed by atoms with van der Waals surface area (Å²) >= 11 is 0. The molecular weight excluding hydrogens is 298 g/mol. The van der Waals surface area contributed by atoms with Crippen molar-refractivity contribution in [1.82, 2.24) is 9.55 Å². The molecule has 0 spiro atoms. The minimum Gasteiger partial charge on any atom is -0.478 e. The summed E-state index contributed by atoms with van der Waals surface area (Å²) in [6.07, 6.45) is 3.65. The van der Waals surface area contributed by atoms with Gasteiger partial charge in [0.15, 0.2) is 6.23 Å². The Morgan fingerprint density at radius 1 is 1.48 bits per heavy atom. The molecule has 0 radical (unpaired) electrons. The largest absolute Gasteiger partial charge is 0.478 e. The number of nitrogens with zero attached hydrogens (tertiary/aromatic N) is 5. The second-order valence-electron chi connectivity index (χ2n) is 4.75. The molecule has 0 saturated carbocycles. The van der Waals surface area contributed by atoms with E-state index in [0.29, 0.717) is 19.6 Å². The minimum absolute atomic E-state index is 0.227. The van der Waals surface area contributed by atoms with Gasteiger partial charge in [-0.25, -0.2) is 9.78 Å². The summed E-state index contributed by atoms with van der Waals surface area (Å²) in [5, 5.41) is 12.4. The van der Waals surface area contributed by atoms with Gasteiger partial charge in [0, 0.05) is 29.8 Å². The maximum atomic E-state index is 10.9. The third-order valence-corrected chi connectivity index (χ3v) is 3.22. The van der Waals surface area contributed by atoms with Gasteiger partial charge in [0.25, 0.3) is 0 Å². The summed E-state index contributed by atoms with van der Waals surface area (Å²) in [5.74, 6) is -0.965. The zero-order valence-corrected chi connectivity index (χ0v) is 12.7. The van der Waals surface area contributed by atoms with Gasteiger partial charge in [0.1, 0.15) is 0 Å². The van der Waals surface area contributed by atoms with E-state index in [-0.39, 0.29) is 11.8 Å². The zero-order valence-electron chi connectivity index (χ0n) is 12.7. The summed E-state index contributed by atoms with van der Waals surface area (Å²) < 4.78 is 7.56. The van der Waals surface area contributed by atoms with Crippen LogP contribution in [0.1, 0.15) is 34.8 Å². The van der Waals surface area contributed by atoms with Crippen molar-refractivity contribution in [1.29, 1.82) is 0 Å². The van der Waals surface area contributed by atoms with E-state index in [2.05, 4.69) is 15.0 Å². The number of ether oxygens (including phenoxy) is 1. The Balaban J connectivity index is 2.20. The molecule has 1 aromatic heterocycles. The number of hydrogen-bond donors (Lipinski definition) is 1. The van der Waals surface area contributed by atoms with Crippen molar-refractivity contribution in [2.24, 2.45) is 5.11 Å². The van der Waals surface area contributed by atoms with Crippen LogP contribution in [0.4, 0.5) is 0 Å². The predicted molar refractivity (Wildman–Crippen MR) is 83.1 cm³/mol. The fraction of sp³-hybridized carbons (Fsp3) is 0.333. The van der Waals surface area contributed by atoms with Crippen molar-refractivity contribution in [3.63, 3.8) is 0 Å². The van der Waals surface area contributed by atoms with Gasteiger partial charge in [-0.05, 0) is 31.0 Å². The van der Waals surface area contributed by atoms with Gasteiger partial charge in [-0.3, -0.25) is 0 Å². The van der Waals surface area contributed by atoms with Crippen LogP contribution < -0.4 is 0 Å². The van der Waals surface area contributed by atoms with Crippen LogP contribution in [0.15, 0.2) is 41.9 Å². The molecule has 1 unspecified atom stereocenters. The van der Waals surface area contributed by atoms with E-state index in [1.165, 1.54) is 0 Å². The number of hydrogen-bond acceptors (Lipinski definition) is 4. The van der Waals surface area contributed by atoms with Crippen LogP contribution in [0.25, 0.3) is 10.4 Å². The molecule has 23 heavy (non-hydrogen) atoms. The Hall–Kier alpha value is -2.83. The summed E-state index contributed by atoms with van der Waals surface area (Å²) in [5.41, 5.74) is 10.1. The smallest absolute Gasteiger partial charge is 0.335 e. The quantitative estimate of drug-likeness (QED) is 0.458. The molecule has 120 valence electrons. The molecule has 1 heterocycles. The minimum atomic E-state index is -0.965. The average molecular weight is 315 g/mol. The maximum absolute atomic E-state index is 10.9. The van der Waals surface area contributed by atoms with E-state index in [9.17, 15) is 4.79 Å². The van der Waals surface area contributed by atoms with Crippen LogP contribution in [0, 0.1) is 0 Å². The van der Waals surface area contributed by atoms with E-state index >= 15 is 0 Å². The van der Waals surface area contributed by atoms with E-state index < -0.39 is 5.97 Å². The first-order valence-corrected chi connectivity index (χ1v) is 7.13. The van der Waals surface area contributed by atoms with E-state index in [1.807, 2.05) is 17.7 Å². The molecule has 0 fully saturated rings. The number of carbonyl (C=O) groups is 1. The van der Waals surface area contributed by atoms with Crippen LogP contribution in [0.5, 0.6) is 0 Å². The van der Waals surface area contributed by atoms with Crippen LogP contribution in [0.3, 0.4) is 0 Å². The van der Waals surface area contributed by atoms with Gasteiger partial charge in [-0.1, -0.05) is 17.2 Å². The van der Waals surface area contributed by atoms with Crippen LogP contribution in [-0.4, -0.2) is 33.8 Å². The number of aromatic nitrogens is 2. The number of carboxylic acids is 1. The Kier molecular flexibility index (Phi) is 5.74. The first-order valence-electron chi connectivity index (χ1n) is 7.13. The second kappa shape index (κ2) is 7.98. The third kappa shape index (κ3) is 4.32. The Bertz CT molecular complexity index is 704. The first kappa shape index (κ1) is 16.5. The second-order valence-corrected chi connectivity index (χ2v) is 4.75. The van der Waals surface area contributed by atoms with Crippen molar-refractivity contribution in [3.8, 4) is 0 Å².